The smallest absolute Gasteiger partial charge is 0.283 e. The van der Waals surface area contributed by atoms with Crippen LogP contribution in [0.5, 0.6) is 0 Å². The third kappa shape index (κ3) is 3.84. The summed E-state index contributed by atoms with van der Waals surface area (Å²) in [6.45, 7) is 0. The number of nitrogens with zero attached hydrogens (tertiary/aromatic N) is 2. The highest BCUT2D eigenvalue weighted by atomic mass is 35.5. The summed E-state index contributed by atoms with van der Waals surface area (Å²) < 4.78 is 0. The van der Waals surface area contributed by atoms with E-state index in [4.69, 9.17) is 23.2 Å². The van der Waals surface area contributed by atoms with Crippen molar-refractivity contribution in [3.8, 4) is 0 Å². The quantitative estimate of drug-likeness (QED) is 0.442. The summed E-state index contributed by atoms with van der Waals surface area (Å²) in [5.41, 5.74) is 1.45. The SMILES string of the molecule is CN(C1=C(Sc2ccc(Cl)cc2)C(=O)N(c2ccccc2Cl)C1=O)c1ccccc1. The fraction of sp³-hybridized carbons (Fsp3) is 0.0435. The molecule has 1 aliphatic rings. The van der Waals surface area contributed by atoms with Crippen molar-refractivity contribution >= 4 is 58.2 Å². The molecular weight excluding hydrogens is 439 g/mol. The van der Waals surface area contributed by atoms with Crippen LogP contribution in [-0.4, -0.2) is 18.9 Å². The summed E-state index contributed by atoms with van der Waals surface area (Å²) in [4.78, 5) is 30.8. The third-order valence-corrected chi connectivity index (χ3v) is 6.28. The largest absolute Gasteiger partial charge is 0.339 e. The van der Waals surface area contributed by atoms with Crippen molar-refractivity contribution in [3.63, 3.8) is 0 Å². The van der Waals surface area contributed by atoms with Crippen LogP contribution in [-0.2, 0) is 9.59 Å². The number of benzene rings is 3. The first-order valence-corrected chi connectivity index (χ1v) is 10.6. The molecule has 4 nitrogen and oxygen atoms in total. The minimum absolute atomic E-state index is 0.297. The average molecular weight is 455 g/mol. The summed E-state index contributed by atoms with van der Waals surface area (Å²) in [5.74, 6) is -0.832. The maximum Gasteiger partial charge on any atom is 0.283 e. The van der Waals surface area contributed by atoms with E-state index in [1.165, 1.54) is 11.8 Å². The number of hydrogen-bond acceptors (Lipinski definition) is 4. The molecule has 0 N–H and O–H groups in total. The number of halogens is 2. The van der Waals surface area contributed by atoms with Gasteiger partial charge in [-0.2, -0.15) is 0 Å². The minimum Gasteiger partial charge on any atom is -0.339 e. The fourth-order valence-corrected chi connectivity index (χ4v) is 4.49. The predicted molar refractivity (Wildman–Crippen MR) is 123 cm³/mol. The van der Waals surface area contributed by atoms with Gasteiger partial charge in [-0.1, -0.05) is 65.3 Å². The van der Waals surface area contributed by atoms with Gasteiger partial charge in [-0.25, -0.2) is 4.90 Å². The second-order valence-corrected chi connectivity index (χ2v) is 8.45. The van der Waals surface area contributed by atoms with Gasteiger partial charge in [0.25, 0.3) is 11.8 Å². The number of para-hydroxylation sites is 2. The molecule has 0 fully saturated rings. The molecule has 4 rings (SSSR count). The Morgan fingerprint density at radius 1 is 0.800 bits per heavy atom. The molecule has 3 aromatic rings. The van der Waals surface area contributed by atoms with Crippen molar-refractivity contribution in [1.82, 2.24) is 0 Å². The van der Waals surface area contributed by atoms with Crippen molar-refractivity contribution < 1.29 is 9.59 Å². The lowest BCUT2D eigenvalue weighted by molar-refractivity contribution is -0.120. The van der Waals surface area contributed by atoms with Crippen LogP contribution in [0.25, 0.3) is 0 Å². The number of carbonyl (C=O) groups excluding carboxylic acids is 2. The number of amides is 2. The van der Waals surface area contributed by atoms with E-state index in [0.717, 1.165) is 15.5 Å². The normalized spacial score (nSPS) is 13.9. The average Bonchev–Trinajstić information content (AvgIpc) is 3.00. The lowest BCUT2D eigenvalue weighted by Crippen LogP contribution is -2.34. The molecule has 0 bridgehead atoms. The van der Waals surface area contributed by atoms with Crippen LogP contribution in [0, 0.1) is 0 Å². The van der Waals surface area contributed by atoms with Crippen LogP contribution >= 0.6 is 35.0 Å². The predicted octanol–water partition coefficient (Wildman–Crippen LogP) is 6.01. The summed E-state index contributed by atoms with van der Waals surface area (Å²) in [6, 6.07) is 23.4. The molecule has 150 valence electrons. The van der Waals surface area contributed by atoms with Crippen LogP contribution in [0.15, 0.2) is 94.4 Å². The second kappa shape index (κ2) is 8.56. The molecule has 2 amide bonds. The van der Waals surface area contributed by atoms with Gasteiger partial charge in [0.15, 0.2) is 0 Å². The van der Waals surface area contributed by atoms with E-state index < -0.39 is 11.8 Å². The molecule has 1 heterocycles. The molecule has 0 saturated heterocycles. The molecule has 0 radical (unpaired) electrons. The van der Waals surface area contributed by atoms with Gasteiger partial charge < -0.3 is 4.90 Å². The molecule has 0 saturated carbocycles. The Kier molecular flexibility index (Phi) is 5.86. The second-order valence-electron chi connectivity index (χ2n) is 6.53. The van der Waals surface area contributed by atoms with Gasteiger partial charge in [0.2, 0.25) is 0 Å². The van der Waals surface area contributed by atoms with Crippen molar-refractivity contribution in [2.75, 3.05) is 16.8 Å². The summed E-state index contributed by atoms with van der Waals surface area (Å²) in [7, 11) is 1.77. The van der Waals surface area contributed by atoms with Crippen LogP contribution in [0.2, 0.25) is 10.0 Å². The highest BCUT2D eigenvalue weighted by Crippen LogP contribution is 2.41. The van der Waals surface area contributed by atoms with Crippen molar-refractivity contribution in [1.29, 1.82) is 0 Å². The van der Waals surface area contributed by atoms with E-state index in [2.05, 4.69) is 0 Å². The van der Waals surface area contributed by atoms with Crippen LogP contribution < -0.4 is 9.80 Å². The first-order chi connectivity index (χ1) is 14.5. The van der Waals surface area contributed by atoms with Crippen LogP contribution in [0.3, 0.4) is 0 Å². The molecule has 30 heavy (non-hydrogen) atoms. The first-order valence-electron chi connectivity index (χ1n) is 9.07. The monoisotopic (exact) mass is 454 g/mol. The Morgan fingerprint density at radius 2 is 1.43 bits per heavy atom. The Labute approximate surface area is 188 Å². The van der Waals surface area contributed by atoms with E-state index in [9.17, 15) is 9.59 Å². The van der Waals surface area contributed by atoms with Gasteiger partial charge in [-0.3, -0.25) is 9.59 Å². The first kappa shape index (κ1) is 20.5. The topological polar surface area (TPSA) is 40.6 Å². The summed E-state index contributed by atoms with van der Waals surface area (Å²) in [5, 5.41) is 0.931. The lowest BCUT2D eigenvalue weighted by atomic mass is 10.2. The van der Waals surface area contributed by atoms with E-state index >= 15 is 0 Å². The highest BCUT2D eigenvalue weighted by Gasteiger charge is 2.42. The zero-order chi connectivity index (χ0) is 21.3. The zero-order valence-electron chi connectivity index (χ0n) is 15.9. The van der Waals surface area contributed by atoms with E-state index in [1.807, 2.05) is 42.5 Å². The van der Waals surface area contributed by atoms with Crippen LogP contribution in [0.4, 0.5) is 11.4 Å². The van der Waals surface area contributed by atoms with Crippen LogP contribution in [0.1, 0.15) is 0 Å². The molecule has 0 atom stereocenters. The summed E-state index contributed by atoms with van der Waals surface area (Å²) in [6.07, 6.45) is 0. The molecule has 0 spiro atoms. The van der Waals surface area contributed by atoms with Gasteiger partial charge in [-0.15, -0.1) is 0 Å². The zero-order valence-corrected chi connectivity index (χ0v) is 18.2. The Morgan fingerprint density at radius 3 is 2.10 bits per heavy atom. The molecule has 0 aliphatic carbocycles. The lowest BCUT2D eigenvalue weighted by Gasteiger charge is -2.21. The maximum absolute atomic E-state index is 13.5. The van der Waals surface area contributed by atoms with E-state index in [1.54, 1.807) is 48.3 Å². The van der Waals surface area contributed by atoms with E-state index in [-0.39, 0.29) is 0 Å². The Bertz CT molecular complexity index is 1150. The molecular formula is C23H16Cl2N2O2S. The number of hydrogen-bond donors (Lipinski definition) is 0. The number of thioether (sulfide) groups is 1. The number of imide groups is 1. The van der Waals surface area contributed by atoms with Gasteiger partial charge in [-0.05, 0) is 48.5 Å². The summed E-state index contributed by atoms with van der Waals surface area (Å²) >= 11 is 13.5. The van der Waals surface area contributed by atoms with Crippen molar-refractivity contribution in [3.05, 3.63) is 99.5 Å². The maximum atomic E-state index is 13.5. The van der Waals surface area contributed by atoms with Gasteiger partial charge >= 0.3 is 0 Å². The minimum atomic E-state index is -0.420. The van der Waals surface area contributed by atoms with Gasteiger partial charge in [0, 0.05) is 22.7 Å². The van der Waals surface area contributed by atoms with Crippen molar-refractivity contribution in [2.45, 2.75) is 4.90 Å². The third-order valence-electron chi connectivity index (χ3n) is 4.62. The highest BCUT2D eigenvalue weighted by molar-refractivity contribution is 8.04. The number of likely N-dealkylation sites (N-methyl/N-ethyl adjacent to an activating group) is 1. The standard InChI is InChI=1S/C23H16Cl2N2O2S/c1-26(16-7-3-2-4-8-16)20-21(30-17-13-11-15(24)12-14-17)23(29)27(22(20)28)19-10-6-5-9-18(19)25/h2-14H,1H3. The molecule has 1 aliphatic heterocycles. The fourth-order valence-electron chi connectivity index (χ4n) is 3.14. The van der Waals surface area contributed by atoms with Crippen molar-refractivity contribution in [2.24, 2.45) is 0 Å². The number of carbonyl (C=O) groups is 2. The van der Waals surface area contributed by atoms with Gasteiger partial charge in [0.1, 0.15) is 10.6 Å². The van der Waals surface area contributed by atoms with E-state index in [0.29, 0.717) is 26.3 Å². The van der Waals surface area contributed by atoms with Gasteiger partial charge in [0.05, 0.1) is 10.7 Å². The number of anilines is 2. The Balaban J connectivity index is 1.81. The molecule has 3 aromatic carbocycles. The molecule has 7 heteroatoms. The molecule has 0 aromatic heterocycles. The number of rotatable bonds is 5. The Hall–Kier alpha value is -2.73. The molecule has 0 unspecified atom stereocenters.